The lowest BCUT2D eigenvalue weighted by Gasteiger charge is -2.23. The minimum absolute atomic E-state index is 0.0218. The molecule has 5 heteroatoms. The molecule has 1 amide bonds. The number of nitrogens with zero attached hydrogens (tertiary/aromatic N) is 1. The molecule has 1 saturated heterocycles. The fourth-order valence-corrected chi connectivity index (χ4v) is 2.53. The summed E-state index contributed by atoms with van der Waals surface area (Å²) in [5.74, 6) is 0.0218. The zero-order valence-corrected chi connectivity index (χ0v) is 12.9. The van der Waals surface area contributed by atoms with Crippen LogP contribution < -0.4 is 15.5 Å². The maximum Gasteiger partial charge on any atom is 0.226 e. The maximum absolute atomic E-state index is 12.0. The highest BCUT2D eigenvalue weighted by atomic mass is 16.5. The molecule has 5 nitrogen and oxygen atoms in total. The van der Waals surface area contributed by atoms with Crippen LogP contribution in [0.1, 0.15) is 20.3 Å². The lowest BCUT2D eigenvalue weighted by molar-refractivity contribution is -0.117. The monoisotopic (exact) mass is 291 g/mol. The summed E-state index contributed by atoms with van der Waals surface area (Å²) in [6, 6.07) is 8.12. The lowest BCUT2D eigenvalue weighted by Crippen LogP contribution is -2.43. The van der Waals surface area contributed by atoms with Gasteiger partial charge in [0.25, 0.3) is 0 Å². The van der Waals surface area contributed by atoms with Crippen LogP contribution in [0.4, 0.5) is 11.4 Å². The van der Waals surface area contributed by atoms with Crippen LogP contribution in [0.5, 0.6) is 0 Å². The third kappa shape index (κ3) is 4.72. The number of hydrogen-bond acceptors (Lipinski definition) is 4. The molecule has 2 N–H and O–H groups in total. The van der Waals surface area contributed by atoms with Crippen LogP contribution in [-0.4, -0.2) is 44.8 Å². The van der Waals surface area contributed by atoms with E-state index in [1.807, 2.05) is 24.3 Å². The molecule has 1 aromatic rings. The van der Waals surface area contributed by atoms with E-state index in [9.17, 15) is 4.79 Å². The van der Waals surface area contributed by atoms with E-state index >= 15 is 0 Å². The first-order valence-corrected chi connectivity index (χ1v) is 7.69. The van der Waals surface area contributed by atoms with E-state index in [1.165, 1.54) is 5.69 Å². The molecule has 1 unspecified atom stereocenters. The largest absolute Gasteiger partial charge is 0.378 e. The van der Waals surface area contributed by atoms with E-state index in [0.29, 0.717) is 13.0 Å². The van der Waals surface area contributed by atoms with Gasteiger partial charge in [-0.2, -0.15) is 0 Å². The summed E-state index contributed by atoms with van der Waals surface area (Å²) in [5, 5.41) is 6.22. The molecule has 0 radical (unpaired) electrons. The van der Waals surface area contributed by atoms with Gasteiger partial charge in [-0.3, -0.25) is 4.79 Å². The maximum atomic E-state index is 12.0. The number of carbonyl (C=O) groups excluding carboxylic acids is 1. The van der Waals surface area contributed by atoms with Crippen molar-refractivity contribution in [3.05, 3.63) is 24.3 Å². The van der Waals surface area contributed by atoms with Crippen molar-refractivity contribution in [2.75, 3.05) is 43.1 Å². The molecule has 1 aromatic carbocycles. The number of nitrogens with one attached hydrogen (secondary N) is 2. The second-order valence-corrected chi connectivity index (χ2v) is 5.20. The van der Waals surface area contributed by atoms with Crippen molar-refractivity contribution in [1.29, 1.82) is 0 Å². The number of benzene rings is 1. The van der Waals surface area contributed by atoms with Crippen LogP contribution in [-0.2, 0) is 9.53 Å². The Labute approximate surface area is 126 Å². The highest BCUT2D eigenvalue weighted by molar-refractivity contribution is 5.91. The van der Waals surface area contributed by atoms with E-state index in [0.717, 1.165) is 31.9 Å². The van der Waals surface area contributed by atoms with Crippen LogP contribution in [0, 0.1) is 0 Å². The summed E-state index contributed by atoms with van der Waals surface area (Å²) in [4.78, 5) is 14.3. The average Bonchev–Trinajstić information content (AvgIpc) is 2.51. The smallest absolute Gasteiger partial charge is 0.226 e. The Bertz CT molecular complexity index is 437. The summed E-state index contributed by atoms with van der Waals surface area (Å²) in [6.07, 6.45) is 0.442. The molecule has 0 bridgehead atoms. The van der Waals surface area contributed by atoms with Gasteiger partial charge >= 0.3 is 0 Å². The summed E-state index contributed by atoms with van der Waals surface area (Å²) in [7, 11) is 0. The molecule has 1 aliphatic rings. The van der Waals surface area contributed by atoms with Crippen molar-refractivity contribution in [1.82, 2.24) is 5.32 Å². The Balaban J connectivity index is 1.86. The fourth-order valence-electron chi connectivity index (χ4n) is 2.53. The topological polar surface area (TPSA) is 53.6 Å². The number of ether oxygens (including phenoxy) is 1. The van der Waals surface area contributed by atoms with Crippen LogP contribution in [0.2, 0.25) is 0 Å². The number of amides is 1. The van der Waals surface area contributed by atoms with Gasteiger partial charge in [-0.25, -0.2) is 0 Å². The lowest BCUT2D eigenvalue weighted by atomic mass is 10.2. The molecule has 1 heterocycles. The normalized spacial score (nSPS) is 18.3. The van der Waals surface area contributed by atoms with Gasteiger partial charge in [0, 0.05) is 43.5 Å². The molecule has 1 fully saturated rings. The predicted octanol–water partition coefficient (Wildman–Crippen LogP) is 1.85. The molecule has 21 heavy (non-hydrogen) atoms. The van der Waals surface area contributed by atoms with Gasteiger partial charge in [-0.05, 0) is 38.1 Å². The number of carbonyl (C=O) groups is 1. The standard InChI is InChI=1S/C16H25N3O2/c1-3-19(4-2)15-7-5-13(6-8-15)18-16(20)11-14-12-21-10-9-17-14/h5-8,14,17H,3-4,9-12H2,1-2H3,(H,18,20). The van der Waals surface area contributed by atoms with Crippen LogP contribution in [0.3, 0.4) is 0 Å². The Morgan fingerprint density at radius 1 is 1.33 bits per heavy atom. The molecular formula is C16H25N3O2. The van der Waals surface area contributed by atoms with Crippen molar-refractivity contribution in [2.45, 2.75) is 26.3 Å². The molecule has 0 saturated carbocycles. The van der Waals surface area contributed by atoms with Crippen LogP contribution in [0.25, 0.3) is 0 Å². The zero-order valence-electron chi connectivity index (χ0n) is 12.9. The molecular weight excluding hydrogens is 266 g/mol. The Morgan fingerprint density at radius 2 is 2.05 bits per heavy atom. The highest BCUT2D eigenvalue weighted by Crippen LogP contribution is 2.18. The zero-order chi connectivity index (χ0) is 15.1. The molecule has 2 rings (SSSR count). The third-order valence-corrected chi connectivity index (χ3v) is 3.71. The average molecular weight is 291 g/mol. The second-order valence-electron chi connectivity index (χ2n) is 5.20. The van der Waals surface area contributed by atoms with Crippen molar-refractivity contribution >= 4 is 17.3 Å². The Kier molecular flexibility index (Phi) is 6.02. The number of morpholine rings is 1. The van der Waals surface area contributed by atoms with Crippen molar-refractivity contribution < 1.29 is 9.53 Å². The van der Waals surface area contributed by atoms with Crippen molar-refractivity contribution in [3.63, 3.8) is 0 Å². The van der Waals surface area contributed by atoms with Crippen LogP contribution >= 0.6 is 0 Å². The summed E-state index contributed by atoms with van der Waals surface area (Å²) in [5.41, 5.74) is 2.02. The minimum Gasteiger partial charge on any atom is -0.378 e. The fraction of sp³-hybridized carbons (Fsp3) is 0.562. The predicted molar refractivity (Wildman–Crippen MR) is 85.9 cm³/mol. The summed E-state index contributed by atoms with van der Waals surface area (Å²) in [6.45, 7) is 8.39. The van der Waals surface area contributed by atoms with Gasteiger partial charge in [-0.1, -0.05) is 0 Å². The van der Waals surface area contributed by atoms with E-state index in [2.05, 4.69) is 29.4 Å². The summed E-state index contributed by atoms with van der Waals surface area (Å²) < 4.78 is 5.35. The quantitative estimate of drug-likeness (QED) is 0.840. The highest BCUT2D eigenvalue weighted by Gasteiger charge is 2.16. The SMILES string of the molecule is CCN(CC)c1ccc(NC(=O)CC2COCCN2)cc1. The van der Waals surface area contributed by atoms with Gasteiger partial charge in [0.2, 0.25) is 5.91 Å². The summed E-state index contributed by atoms with van der Waals surface area (Å²) >= 11 is 0. The number of rotatable bonds is 6. The molecule has 116 valence electrons. The van der Waals surface area contributed by atoms with Gasteiger partial charge in [0.05, 0.1) is 13.2 Å². The minimum atomic E-state index is 0.0218. The van der Waals surface area contributed by atoms with Gasteiger partial charge < -0.3 is 20.3 Å². The molecule has 0 spiro atoms. The van der Waals surface area contributed by atoms with E-state index < -0.39 is 0 Å². The van der Waals surface area contributed by atoms with E-state index in [4.69, 9.17) is 4.74 Å². The van der Waals surface area contributed by atoms with E-state index in [-0.39, 0.29) is 11.9 Å². The first-order chi connectivity index (χ1) is 10.2. The second kappa shape index (κ2) is 8.00. The number of hydrogen-bond donors (Lipinski definition) is 2. The Morgan fingerprint density at radius 3 is 2.62 bits per heavy atom. The molecule has 1 atom stereocenters. The number of anilines is 2. The molecule has 0 aliphatic carbocycles. The molecule has 1 aliphatic heterocycles. The van der Waals surface area contributed by atoms with Crippen molar-refractivity contribution in [2.24, 2.45) is 0 Å². The van der Waals surface area contributed by atoms with Crippen molar-refractivity contribution in [3.8, 4) is 0 Å². The van der Waals surface area contributed by atoms with E-state index in [1.54, 1.807) is 0 Å². The first kappa shape index (κ1) is 15.8. The third-order valence-electron chi connectivity index (χ3n) is 3.71. The van der Waals surface area contributed by atoms with Gasteiger partial charge in [0.15, 0.2) is 0 Å². The van der Waals surface area contributed by atoms with Gasteiger partial charge in [-0.15, -0.1) is 0 Å². The van der Waals surface area contributed by atoms with Gasteiger partial charge in [0.1, 0.15) is 0 Å². The van der Waals surface area contributed by atoms with Crippen LogP contribution in [0.15, 0.2) is 24.3 Å². The molecule has 0 aromatic heterocycles. The first-order valence-electron chi connectivity index (χ1n) is 7.69. The Hall–Kier alpha value is -1.59.